The molecule has 3 rings (SSSR count). The van der Waals surface area contributed by atoms with Crippen molar-refractivity contribution in [2.24, 2.45) is 0 Å². The zero-order chi connectivity index (χ0) is 17.2. The summed E-state index contributed by atoms with van der Waals surface area (Å²) in [6, 6.07) is 0.0493. The summed E-state index contributed by atoms with van der Waals surface area (Å²) in [5.74, 6) is -0.185. The van der Waals surface area contributed by atoms with Crippen molar-refractivity contribution < 1.29 is 19.1 Å². The van der Waals surface area contributed by atoms with Crippen LogP contribution in [0.5, 0.6) is 0 Å². The molecule has 2 fully saturated rings. The van der Waals surface area contributed by atoms with Crippen molar-refractivity contribution in [1.29, 1.82) is 0 Å². The minimum Gasteiger partial charge on any atom is -0.368 e. The number of hydrogen-bond acceptors (Lipinski definition) is 6. The molecule has 8 nitrogen and oxygen atoms in total. The van der Waals surface area contributed by atoms with E-state index in [1.165, 1.54) is 18.7 Å². The van der Waals surface area contributed by atoms with Gasteiger partial charge in [0.15, 0.2) is 0 Å². The van der Waals surface area contributed by atoms with Crippen LogP contribution in [0, 0.1) is 0 Å². The molecule has 3 heterocycles. The summed E-state index contributed by atoms with van der Waals surface area (Å²) in [5, 5.41) is 0. The second-order valence-electron chi connectivity index (χ2n) is 6.49. The first-order valence-electron chi connectivity index (χ1n) is 8.06. The molecule has 1 spiro atoms. The third-order valence-electron chi connectivity index (χ3n) is 4.34. The molecule has 1 aromatic rings. The molecule has 0 bridgehead atoms. The Morgan fingerprint density at radius 1 is 1.29 bits per heavy atom. The van der Waals surface area contributed by atoms with E-state index in [4.69, 9.17) is 9.47 Å². The molecule has 0 N–H and O–H groups in total. The summed E-state index contributed by atoms with van der Waals surface area (Å²) in [5.41, 5.74) is -0.249. The van der Waals surface area contributed by atoms with Crippen LogP contribution in [0.4, 0.5) is 0 Å². The maximum absolute atomic E-state index is 12.7. The van der Waals surface area contributed by atoms with Crippen LogP contribution in [0.3, 0.4) is 0 Å². The van der Waals surface area contributed by atoms with E-state index in [9.17, 15) is 9.59 Å². The molecule has 1 unspecified atom stereocenters. The molecule has 2 saturated heterocycles. The lowest BCUT2D eigenvalue weighted by atomic mass is 10.0. The second-order valence-corrected chi connectivity index (χ2v) is 6.49. The number of amides is 2. The third-order valence-corrected chi connectivity index (χ3v) is 4.34. The Bertz CT molecular complexity index is 609. The van der Waals surface area contributed by atoms with E-state index in [2.05, 4.69) is 9.97 Å². The van der Waals surface area contributed by atoms with E-state index in [1.54, 1.807) is 9.80 Å². The first kappa shape index (κ1) is 16.8. The highest BCUT2D eigenvalue weighted by molar-refractivity contribution is 5.93. The average Bonchev–Trinajstić information content (AvgIpc) is 2.74. The normalized spacial score (nSPS) is 25.2. The monoisotopic (exact) mass is 334 g/mol. The lowest BCUT2D eigenvalue weighted by molar-refractivity contribution is -0.140. The van der Waals surface area contributed by atoms with Gasteiger partial charge in [0.05, 0.1) is 31.9 Å². The Morgan fingerprint density at radius 3 is 2.75 bits per heavy atom. The molecule has 0 saturated carbocycles. The maximum atomic E-state index is 12.7. The second kappa shape index (κ2) is 6.82. The Labute approximate surface area is 140 Å². The molecule has 1 atom stereocenters. The van der Waals surface area contributed by atoms with E-state index in [-0.39, 0.29) is 31.1 Å². The summed E-state index contributed by atoms with van der Waals surface area (Å²) in [6.07, 6.45) is 4.40. The Kier molecular flexibility index (Phi) is 4.77. The molecule has 2 aliphatic heterocycles. The van der Waals surface area contributed by atoms with Crippen LogP contribution in [-0.2, 0) is 14.3 Å². The molecule has 2 amide bonds. The van der Waals surface area contributed by atoms with Crippen LogP contribution in [0.2, 0.25) is 0 Å². The number of hydrogen-bond donors (Lipinski definition) is 0. The number of rotatable bonds is 2. The SMILES string of the molecule is CC(C)N1CC2(COCC1=O)CN(C(=O)c1cncnc1)CCO2. The van der Waals surface area contributed by atoms with Gasteiger partial charge in [-0.25, -0.2) is 9.97 Å². The zero-order valence-electron chi connectivity index (χ0n) is 14.0. The predicted molar refractivity (Wildman–Crippen MR) is 84.3 cm³/mol. The van der Waals surface area contributed by atoms with E-state index in [0.29, 0.717) is 31.8 Å². The number of morpholine rings is 1. The Balaban J connectivity index is 1.78. The van der Waals surface area contributed by atoms with Crippen molar-refractivity contribution in [2.75, 3.05) is 39.5 Å². The van der Waals surface area contributed by atoms with Gasteiger partial charge in [0, 0.05) is 25.0 Å². The molecule has 0 radical (unpaired) electrons. The van der Waals surface area contributed by atoms with Crippen LogP contribution in [0.1, 0.15) is 24.2 Å². The van der Waals surface area contributed by atoms with Gasteiger partial charge < -0.3 is 19.3 Å². The predicted octanol–water partition coefficient (Wildman–Crippen LogP) is -0.0450. The minimum atomic E-state index is -0.694. The van der Waals surface area contributed by atoms with Gasteiger partial charge in [0.25, 0.3) is 5.91 Å². The fourth-order valence-electron chi connectivity index (χ4n) is 3.12. The van der Waals surface area contributed by atoms with Crippen LogP contribution >= 0.6 is 0 Å². The minimum absolute atomic E-state index is 0.0454. The van der Waals surface area contributed by atoms with Crippen molar-refractivity contribution >= 4 is 11.8 Å². The van der Waals surface area contributed by atoms with E-state index in [1.807, 2.05) is 13.8 Å². The fourth-order valence-corrected chi connectivity index (χ4v) is 3.12. The van der Waals surface area contributed by atoms with Gasteiger partial charge in [-0.1, -0.05) is 0 Å². The smallest absolute Gasteiger partial charge is 0.257 e. The van der Waals surface area contributed by atoms with Crippen LogP contribution in [0.15, 0.2) is 18.7 Å². The van der Waals surface area contributed by atoms with Crippen molar-refractivity contribution in [3.63, 3.8) is 0 Å². The summed E-state index contributed by atoms with van der Waals surface area (Å²) in [6.45, 7) is 5.94. The lowest BCUT2D eigenvalue weighted by Gasteiger charge is -2.43. The van der Waals surface area contributed by atoms with Gasteiger partial charge in [-0.15, -0.1) is 0 Å². The van der Waals surface area contributed by atoms with Crippen molar-refractivity contribution in [2.45, 2.75) is 25.5 Å². The standard InChI is InChI=1S/C16H22N4O4/c1-12(2)20-9-16(10-23-7-14(20)21)8-19(3-4-24-16)15(22)13-5-17-11-18-6-13/h5-6,11-12H,3-4,7-10H2,1-2H3. The maximum Gasteiger partial charge on any atom is 0.257 e. The van der Waals surface area contributed by atoms with Crippen molar-refractivity contribution in [1.82, 2.24) is 19.8 Å². The molecular formula is C16H22N4O4. The summed E-state index contributed by atoms with van der Waals surface area (Å²) >= 11 is 0. The topological polar surface area (TPSA) is 84.9 Å². The number of aromatic nitrogens is 2. The molecular weight excluding hydrogens is 312 g/mol. The highest BCUT2D eigenvalue weighted by Crippen LogP contribution is 2.25. The largest absolute Gasteiger partial charge is 0.368 e. The molecule has 8 heteroatoms. The number of carbonyl (C=O) groups excluding carboxylic acids is 2. The molecule has 2 aliphatic rings. The van der Waals surface area contributed by atoms with Crippen LogP contribution in [0.25, 0.3) is 0 Å². The fraction of sp³-hybridized carbons (Fsp3) is 0.625. The van der Waals surface area contributed by atoms with Crippen molar-refractivity contribution in [3.8, 4) is 0 Å². The molecule has 0 aliphatic carbocycles. The third kappa shape index (κ3) is 3.39. The number of nitrogens with zero attached hydrogens (tertiary/aromatic N) is 4. The molecule has 1 aromatic heterocycles. The summed E-state index contributed by atoms with van der Waals surface area (Å²) in [4.78, 5) is 36.1. The zero-order valence-corrected chi connectivity index (χ0v) is 14.0. The molecule has 0 aromatic carbocycles. The highest BCUT2D eigenvalue weighted by atomic mass is 16.5. The van der Waals surface area contributed by atoms with Gasteiger partial charge in [0.1, 0.15) is 18.5 Å². The number of carbonyl (C=O) groups is 2. The Morgan fingerprint density at radius 2 is 2.04 bits per heavy atom. The first-order valence-corrected chi connectivity index (χ1v) is 8.06. The molecule has 130 valence electrons. The van der Waals surface area contributed by atoms with Gasteiger partial charge in [-0.05, 0) is 13.8 Å². The van der Waals surface area contributed by atoms with Gasteiger partial charge in [-0.2, -0.15) is 0 Å². The highest BCUT2D eigenvalue weighted by Gasteiger charge is 2.43. The Hall–Kier alpha value is -2.06. The van der Waals surface area contributed by atoms with E-state index < -0.39 is 5.60 Å². The quantitative estimate of drug-likeness (QED) is 0.754. The molecule has 24 heavy (non-hydrogen) atoms. The van der Waals surface area contributed by atoms with E-state index >= 15 is 0 Å². The van der Waals surface area contributed by atoms with Crippen molar-refractivity contribution in [3.05, 3.63) is 24.3 Å². The van der Waals surface area contributed by atoms with Crippen LogP contribution in [-0.4, -0.2) is 82.7 Å². The number of ether oxygens (including phenoxy) is 2. The van der Waals surface area contributed by atoms with Gasteiger partial charge >= 0.3 is 0 Å². The lowest BCUT2D eigenvalue weighted by Crippen LogP contribution is -2.60. The van der Waals surface area contributed by atoms with E-state index in [0.717, 1.165) is 0 Å². The van der Waals surface area contributed by atoms with Crippen LogP contribution < -0.4 is 0 Å². The van der Waals surface area contributed by atoms with Gasteiger partial charge in [-0.3, -0.25) is 9.59 Å². The summed E-state index contributed by atoms with van der Waals surface area (Å²) in [7, 11) is 0. The summed E-state index contributed by atoms with van der Waals surface area (Å²) < 4.78 is 11.5. The average molecular weight is 334 g/mol. The first-order chi connectivity index (χ1) is 11.5. The van der Waals surface area contributed by atoms with Gasteiger partial charge in [0.2, 0.25) is 5.91 Å².